The van der Waals surface area contributed by atoms with Crippen LogP contribution < -0.4 is 0 Å². The second-order valence-corrected chi connectivity index (χ2v) is 6.74. The van der Waals surface area contributed by atoms with Crippen molar-refractivity contribution in [2.75, 3.05) is 0 Å². The van der Waals surface area contributed by atoms with Gasteiger partial charge in [-0.15, -0.1) is 0 Å². The topological polar surface area (TPSA) is 57.5 Å². The van der Waals surface area contributed by atoms with Gasteiger partial charge in [-0.3, -0.25) is 4.79 Å². The Balaban J connectivity index is 2.20. The molecule has 0 amide bonds. The lowest BCUT2D eigenvalue weighted by atomic mass is 9.69. The molecule has 0 aliphatic heterocycles. The highest BCUT2D eigenvalue weighted by Crippen LogP contribution is 2.67. The van der Waals surface area contributed by atoms with Gasteiger partial charge in [-0.05, 0) is 18.1 Å². The van der Waals surface area contributed by atoms with Crippen molar-refractivity contribution in [3.05, 3.63) is 41.5 Å². The van der Waals surface area contributed by atoms with E-state index < -0.39 is 22.5 Å². The number of aliphatic hydroxyl groups excluding tert-OH is 1. The van der Waals surface area contributed by atoms with Gasteiger partial charge >= 0.3 is 0 Å². The Labute approximate surface area is 118 Å². The van der Waals surface area contributed by atoms with Gasteiger partial charge in [-0.25, -0.2) is 0 Å². The third kappa shape index (κ3) is 1.30. The number of rotatable bonds is 1. The third-order valence-electron chi connectivity index (χ3n) is 5.68. The summed E-state index contributed by atoms with van der Waals surface area (Å²) < 4.78 is 0. The lowest BCUT2D eigenvalue weighted by molar-refractivity contribution is -0.126. The molecule has 0 radical (unpaired) electrons. The minimum atomic E-state index is -1.46. The molecule has 0 saturated heterocycles. The molecule has 3 nitrogen and oxygen atoms in total. The van der Waals surface area contributed by atoms with Crippen LogP contribution in [0.5, 0.6) is 0 Å². The molecule has 0 heterocycles. The maximum Gasteiger partial charge on any atom is 0.168 e. The molecule has 3 atom stereocenters. The van der Waals surface area contributed by atoms with Gasteiger partial charge in [-0.1, -0.05) is 51.1 Å². The van der Waals surface area contributed by atoms with Crippen molar-refractivity contribution < 1.29 is 15.0 Å². The monoisotopic (exact) mass is 272 g/mol. The molecule has 20 heavy (non-hydrogen) atoms. The largest absolute Gasteiger partial charge is 0.390 e. The normalized spacial score (nSPS) is 40.5. The summed E-state index contributed by atoms with van der Waals surface area (Å²) in [5.74, 6) is -0.0425. The molecule has 2 saturated carbocycles. The van der Waals surface area contributed by atoms with Crippen molar-refractivity contribution in [1.82, 2.24) is 0 Å². The fraction of sp³-hybridized carbons (Fsp3) is 0.471. The predicted molar refractivity (Wildman–Crippen MR) is 76.9 cm³/mol. The maximum atomic E-state index is 12.7. The van der Waals surface area contributed by atoms with E-state index in [1.54, 1.807) is 6.08 Å². The highest BCUT2D eigenvalue weighted by molar-refractivity contribution is 6.10. The van der Waals surface area contributed by atoms with Crippen molar-refractivity contribution >= 4 is 11.9 Å². The zero-order valence-corrected chi connectivity index (χ0v) is 12.1. The van der Waals surface area contributed by atoms with E-state index >= 15 is 0 Å². The Kier molecular flexibility index (Phi) is 2.57. The van der Waals surface area contributed by atoms with Crippen LogP contribution in [0.1, 0.15) is 32.8 Å². The quantitative estimate of drug-likeness (QED) is 0.770. The molecule has 0 spiro atoms. The summed E-state index contributed by atoms with van der Waals surface area (Å²) in [4.78, 5) is 12.7. The van der Waals surface area contributed by atoms with E-state index in [9.17, 15) is 15.0 Å². The fourth-order valence-electron chi connectivity index (χ4n) is 3.88. The second-order valence-electron chi connectivity index (χ2n) is 6.74. The smallest absolute Gasteiger partial charge is 0.168 e. The van der Waals surface area contributed by atoms with E-state index in [4.69, 9.17) is 0 Å². The first kappa shape index (κ1) is 13.5. The molecule has 1 aromatic rings. The molecule has 106 valence electrons. The molecule has 2 bridgehead atoms. The van der Waals surface area contributed by atoms with Crippen LogP contribution in [0, 0.1) is 10.8 Å². The maximum absolute atomic E-state index is 12.7. The number of hydrogen-bond donors (Lipinski definition) is 2. The standard InChI is InChI=1S/C17H20O3/c1-15(2)16(3)10-13(18)17(15,20)12(14(16)19)9-11-7-5-4-6-8-11/h4-9,13,18,20H,10H2,1-3H3. The van der Waals surface area contributed by atoms with Crippen LogP contribution in [0.2, 0.25) is 0 Å². The zero-order valence-electron chi connectivity index (χ0n) is 12.1. The molecule has 1 aromatic carbocycles. The zero-order chi connectivity index (χ0) is 14.8. The molecule has 2 aliphatic carbocycles. The van der Waals surface area contributed by atoms with E-state index in [-0.39, 0.29) is 5.78 Å². The Bertz CT molecular complexity index is 602. The Morgan fingerprint density at radius 1 is 1.20 bits per heavy atom. The van der Waals surface area contributed by atoms with Crippen LogP contribution >= 0.6 is 0 Å². The van der Waals surface area contributed by atoms with Crippen LogP contribution in [-0.2, 0) is 4.79 Å². The van der Waals surface area contributed by atoms with Crippen LogP contribution in [0.15, 0.2) is 35.9 Å². The van der Waals surface area contributed by atoms with Crippen molar-refractivity contribution in [3.63, 3.8) is 0 Å². The number of ketones is 1. The predicted octanol–water partition coefficient (Wildman–Crippen LogP) is 2.18. The van der Waals surface area contributed by atoms with Crippen molar-refractivity contribution in [3.8, 4) is 0 Å². The minimum absolute atomic E-state index is 0.0425. The highest BCUT2D eigenvalue weighted by Gasteiger charge is 2.76. The molecule has 3 rings (SSSR count). The number of carbonyl (C=O) groups excluding carboxylic acids is 1. The summed E-state index contributed by atoms with van der Waals surface area (Å²) in [6, 6.07) is 9.45. The summed E-state index contributed by atoms with van der Waals surface area (Å²) in [6.07, 6.45) is 1.15. The number of Topliss-reactive ketones (excluding diaryl/α,β-unsaturated/α-hetero) is 1. The highest BCUT2D eigenvalue weighted by atomic mass is 16.3. The number of hydrogen-bond acceptors (Lipinski definition) is 3. The molecular weight excluding hydrogens is 252 g/mol. The van der Waals surface area contributed by atoms with E-state index in [1.807, 2.05) is 51.1 Å². The first-order valence-electron chi connectivity index (χ1n) is 6.97. The number of fused-ring (bicyclic) bond motifs is 2. The molecular formula is C17H20O3. The van der Waals surface area contributed by atoms with Gasteiger partial charge in [0.25, 0.3) is 0 Å². The fourth-order valence-corrected chi connectivity index (χ4v) is 3.88. The molecule has 0 aromatic heterocycles. The number of carbonyl (C=O) groups is 1. The number of aliphatic hydroxyl groups is 2. The van der Waals surface area contributed by atoms with Gasteiger partial charge < -0.3 is 10.2 Å². The van der Waals surface area contributed by atoms with Gasteiger partial charge in [0.2, 0.25) is 0 Å². The number of benzene rings is 1. The average Bonchev–Trinajstić information content (AvgIpc) is 2.61. The molecule has 3 unspecified atom stereocenters. The van der Waals surface area contributed by atoms with E-state index in [0.717, 1.165) is 5.56 Å². The first-order valence-corrected chi connectivity index (χ1v) is 6.97. The van der Waals surface area contributed by atoms with E-state index in [1.165, 1.54) is 0 Å². The van der Waals surface area contributed by atoms with Crippen molar-refractivity contribution in [2.45, 2.75) is 38.9 Å². The van der Waals surface area contributed by atoms with Gasteiger partial charge in [0, 0.05) is 16.4 Å². The lowest BCUT2D eigenvalue weighted by Crippen LogP contribution is -2.47. The van der Waals surface area contributed by atoms with Crippen LogP contribution in [0.3, 0.4) is 0 Å². The van der Waals surface area contributed by atoms with Gasteiger partial charge in [-0.2, -0.15) is 0 Å². The van der Waals surface area contributed by atoms with Crippen LogP contribution in [-0.4, -0.2) is 27.7 Å². The Hall–Kier alpha value is -1.45. The van der Waals surface area contributed by atoms with Gasteiger partial charge in [0.1, 0.15) is 5.60 Å². The summed E-state index contributed by atoms with van der Waals surface area (Å²) >= 11 is 0. The van der Waals surface area contributed by atoms with Gasteiger partial charge in [0.05, 0.1) is 6.10 Å². The van der Waals surface area contributed by atoms with E-state index in [2.05, 4.69) is 0 Å². The van der Waals surface area contributed by atoms with Crippen molar-refractivity contribution in [2.24, 2.45) is 10.8 Å². The lowest BCUT2D eigenvalue weighted by Gasteiger charge is -2.36. The minimum Gasteiger partial charge on any atom is -0.390 e. The molecule has 2 fully saturated rings. The first-order chi connectivity index (χ1) is 9.25. The third-order valence-corrected chi connectivity index (χ3v) is 5.68. The molecule has 2 aliphatic rings. The average molecular weight is 272 g/mol. The Morgan fingerprint density at radius 3 is 2.35 bits per heavy atom. The van der Waals surface area contributed by atoms with E-state index in [0.29, 0.717) is 12.0 Å². The SMILES string of the molecule is CC12CC(O)C(O)(C(=Cc3ccccc3)C1=O)C2(C)C. The van der Waals surface area contributed by atoms with Crippen molar-refractivity contribution in [1.29, 1.82) is 0 Å². The van der Waals surface area contributed by atoms with Crippen LogP contribution in [0.25, 0.3) is 6.08 Å². The van der Waals surface area contributed by atoms with Crippen LogP contribution in [0.4, 0.5) is 0 Å². The molecule has 2 N–H and O–H groups in total. The summed E-state index contributed by atoms with van der Waals surface area (Å²) in [5, 5.41) is 21.4. The van der Waals surface area contributed by atoms with Gasteiger partial charge in [0.15, 0.2) is 5.78 Å². The second kappa shape index (κ2) is 3.80. The summed E-state index contributed by atoms with van der Waals surface area (Å²) in [7, 11) is 0. The summed E-state index contributed by atoms with van der Waals surface area (Å²) in [6.45, 7) is 5.59. The summed E-state index contributed by atoms with van der Waals surface area (Å²) in [5.41, 5.74) is -1.63. The Morgan fingerprint density at radius 2 is 1.80 bits per heavy atom. The molecule has 3 heteroatoms.